The number of phenols is 1. The van der Waals surface area contributed by atoms with Crippen LogP contribution in [0.5, 0.6) is 11.5 Å². The Balaban J connectivity index is 1.64. The molecule has 3 rings (SSSR count). The fourth-order valence-corrected chi connectivity index (χ4v) is 2.99. The number of halogens is 2. The van der Waals surface area contributed by atoms with Gasteiger partial charge in [0.15, 0.2) is 11.5 Å². The molecule has 1 fully saturated rings. The summed E-state index contributed by atoms with van der Waals surface area (Å²) in [6, 6.07) is 7.53. The fraction of sp³-hybridized carbons (Fsp3) is 0.263. The minimum atomic E-state index is -0.785. The summed E-state index contributed by atoms with van der Waals surface area (Å²) in [5.74, 6) is -2.62. The molecule has 27 heavy (non-hydrogen) atoms. The van der Waals surface area contributed by atoms with Crippen molar-refractivity contribution in [2.45, 2.75) is 13.0 Å². The summed E-state index contributed by atoms with van der Waals surface area (Å²) < 4.78 is 31.8. The van der Waals surface area contributed by atoms with Crippen LogP contribution >= 0.6 is 0 Å². The minimum absolute atomic E-state index is 0.00747. The van der Waals surface area contributed by atoms with Gasteiger partial charge in [0.1, 0.15) is 11.6 Å². The SMILES string of the molecule is COc1cc(CNC(=O)[C@H]2CC(=O)N(c3cc(F)cc(F)c3)C2)ccc1O. The summed E-state index contributed by atoms with van der Waals surface area (Å²) in [4.78, 5) is 25.8. The maximum Gasteiger partial charge on any atom is 0.227 e. The summed E-state index contributed by atoms with van der Waals surface area (Å²) in [6.45, 7) is 0.237. The van der Waals surface area contributed by atoms with E-state index in [0.717, 1.165) is 18.2 Å². The van der Waals surface area contributed by atoms with Gasteiger partial charge in [-0.05, 0) is 29.8 Å². The molecule has 2 aromatic carbocycles. The molecule has 8 heteroatoms. The van der Waals surface area contributed by atoms with E-state index < -0.39 is 17.6 Å². The van der Waals surface area contributed by atoms with Crippen molar-refractivity contribution in [3.63, 3.8) is 0 Å². The van der Waals surface area contributed by atoms with E-state index in [-0.39, 0.29) is 48.5 Å². The molecule has 2 N–H and O–H groups in total. The Bertz CT molecular complexity index is 868. The molecule has 1 aliphatic heterocycles. The van der Waals surface area contributed by atoms with Crippen LogP contribution in [0.4, 0.5) is 14.5 Å². The Morgan fingerprint density at radius 3 is 2.63 bits per heavy atom. The van der Waals surface area contributed by atoms with Gasteiger partial charge in [0.05, 0.1) is 13.0 Å². The number of amides is 2. The van der Waals surface area contributed by atoms with Gasteiger partial charge in [0, 0.05) is 31.3 Å². The number of benzene rings is 2. The fourth-order valence-electron chi connectivity index (χ4n) is 2.99. The smallest absolute Gasteiger partial charge is 0.227 e. The molecule has 0 saturated carbocycles. The van der Waals surface area contributed by atoms with Crippen LogP contribution in [-0.4, -0.2) is 30.6 Å². The van der Waals surface area contributed by atoms with Crippen LogP contribution in [0.2, 0.25) is 0 Å². The van der Waals surface area contributed by atoms with Gasteiger partial charge in [-0.2, -0.15) is 0 Å². The van der Waals surface area contributed by atoms with E-state index in [1.54, 1.807) is 12.1 Å². The first-order valence-electron chi connectivity index (χ1n) is 8.27. The number of carbonyl (C=O) groups is 2. The first-order valence-corrected chi connectivity index (χ1v) is 8.27. The molecule has 1 saturated heterocycles. The number of phenolic OH excluding ortho intramolecular Hbond substituents is 1. The van der Waals surface area contributed by atoms with Crippen molar-refractivity contribution in [1.29, 1.82) is 0 Å². The highest BCUT2D eigenvalue weighted by Crippen LogP contribution is 2.28. The monoisotopic (exact) mass is 376 g/mol. The molecular weight excluding hydrogens is 358 g/mol. The second-order valence-electron chi connectivity index (χ2n) is 6.26. The summed E-state index contributed by atoms with van der Waals surface area (Å²) in [6.07, 6.45) is -0.0388. The zero-order valence-corrected chi connectivity index (χ0v) is 14.5. The summed E-state index contributed by atoms with van der Waals surface area (Å²) in [5, 5.41) is 12.3. The molecule has 0 bridgehead atoms. The third-order valence-corrected chi connectivity index (χ3v) is 4.37. The molecule has 1 heterocycles. The van der Waals surface area contributed by atoms with Crippen molar-refractivity contribution in [2.75, 3.05) is 18.6 Å². The van der Waals surface area contributed by atoms with Gasteiger partial charge >= 0.3 is 0 Å². The van der Waals surface area contributed by atoms with Gasteiger partial charge in [-0.1, -0.05) is 6.07 Å². The second kappa shape index (κ2) is 7.61. The van der Waals surface area contributed by atoms with Crippen molar-refractivity contribution in [2.24, 2.45) is 5.92 Å². The van der Waals surface area contributed by atoms with Crippen molar-refractivity contribution in [3.05, 3.63) is 53.6 Å². The normalized spacial score (nSPS) is 16.5. The topological polar surface area (TPSA) is 78.9 Å². The Morgan fingerprint density at radius 2 is 1.96 bits per heavy atom. The number of nitrogens with zero attached hydrogens (tertiary/aromatic N) is 1. The predicted octanol–water partition coefficient (Wildman–Crippen LogP) is 2.35. The molecule has 2 amide bonds. The molecule has 6 nitrogen and oxygen atoms in total. The summed E-state index contributed by atoms with van der Waals surface area (Å²) in [5.41, 5.74) is 0.808. The van der Waals surface area contributed by atoms with E-state index in [2.05, 4.69) is 5.32 Å². The zero-order chi connectivity index (χ0) is 19.6. The first kappa shape index (κ1) is 18.6. The Labute approximate surface area is 154 Å². The van der Waals surface area contributed by atoms with E-state index in [4.69, 9.17) is 4.74 Å². The number of rotatable bonds is 5. The number of anilines is 1. The zero-order valence-electron chi connectivity index (χ0n) is 14.5. The number of methoxy groups -OCH3 is 1. The van der Waals surface area contributed by atoms with Crippen LogP contribution < -0.4 is 15.0 Å². The average Bonchev–Trinajstić information content (AvgIpc) is 3.02. The molecule has 1 aliphatic rings. The lowest BCUT2D eigenvalue weighted by atomic mass is 10.1. The molecule has 0 unspecified atom stereocenters. The molecule has 0 spiro atoms. The second-order valence-corrected chi connectivity index (χ2v) is 6.26. The van der Waals surface area contributed by atoms with E-state index in [1.165, 1.54) is 18.1 Å². The molecular formula is C19H18F2N2O4. The summed E-state index contributed by atoms with van der Waals surface area (Å²) >= 11 is 0. The minimum Gasteiger partial charge on any atom is -0.504 e. The number of aromatic hydroxyl groups is 1. The van der Waals surface area contributed by atoms with E-state index in [9.17, 15) is 23.5 Å². The molecule has 142 valence electrons. The van der Waals surface area contributed by atoms with E-state index in [0.29, 0.717) is 5.56 Å². The third kappa shape index (κ3) is 4.16. The lowest BCUT2D eigenvalue weighted by Crippen LogP contribution is -2.32. The Hall–Kier alpha value is -3.16. The van der Waals surface area contributed by atoms with Gasteiger partial charge in [0.25, 0.3) is 0 Å². The van der Waals surface area contributed by atoms with Crippen LogP contribution in [-0.2, 0) is 16.1 Å². The lowest BCUT2D eigenvalue weighted by molar-refractivity contribution is -0.126. The highest BCUT2D eigenvalue weighted by atomic mass is 19.1. The van der Waals surface area contributed by atoms with Crippen LogP contribution in [0.3, 0.4) is 0 Å². The van der Waals surface area contributed by atoms with Crippen LogP contribution in [0.1, 0.15) is 12.0 Å². The average molecular weight is 376 g/mol. The highest BCUT2D eigenvalue weighted by molar-refractivity contribution is 6.00. The van der Waals surface area contributed by atoms with Crippen molar-refractivity contribution in [1.82, 2.24) is 5.32 Å². The maximum atomic E-state index is 13.4. The molecule has 0 aromatic heterocycles. The lowest BCUT2D eigenvalue weighted by Gasteiger charge is -2.17. The molecule has 0 radical (unpaired) electrons. The van der Waals surface area contributed by atoms with Crippen LogP contribution in [0, 0.1) is 17.6 Å². The quantitative estimate of drug-likeness (QED) is 0.840. The first-order chi connectivity index (χ1) is 12.9. The number of nitrogens with one attached hydrogen (secondary N) is 1. The van der Waals surface area contributed by atoms with E-state index >= 15 is 0 Å². The van der Waals surface area contributed by atoms with Crippen molar-refractivity contribution >= 4 is 17.5 Å². The van der Waals surface area contributed by atoms with Gasteiger partial charge in [-0.25, -0.2) is 8.78 Å². The van der Waals surface area contributed by atoms with Gasteiger partial charge in [0.2, 0.25) is 11.8 Å². The molecule has 0 aliphatic carbocycles. The number of hydrogen-bond acceptors (Lipinski definition) is 4. The number of ether oxygens (including phenoxy) is 1. The number of carbonyl (C=O) groups excluding carboxylic acids is 2. The summed E-state index contributed by atoms with van der Waals surface area (Å²) in [7, 11) is 1.42. The predicted molar refractivity (Wildman–Crippen MR) is 93.3 cm³/mol. The largest absolute Gasteiger partial charge is 0.504 e. The van der Waals surface area contributed by atoms with Gasteiger partial charge < -0.3 is 20.1 Å². The van der Waals surface area contributed by atoms with Crippen molar-refractivity contribution in [3.8, 4) is 11.5 Å². The van der Waals surface area contributed by atoms with E-state index in [1.807, 2.05) is 0 Å². The van der Waals surface area contributed by atoms with Gasteiger partial charge in [-0.15, -0.1) is 0 Å². The maximum absolute atomic E-state index is 13.4. The van der Waals surface area contributed by atoms with Gasteiger partial charge in [-0.3, -0.25) is 9.59 Å². The molecule has 1 atom stereocenters. The van der Waals surface area contributed by atoms with Crippen LogP contribution in [0.15, 0.2) is 36.4 Å². The standard InChI is InChI=1S/C19H18F2N2O4/c1-27-17-4-11(2-3-16(17)24)9-22-19(26)12-5-18(25)23(10-12)15-7-13(20)6-14(21)8-15/h2-4,6-8,12,24H,5,9-10H2,1H3,(H,22,26)/t12-/m0/s1. The number of hydrogen-bond donors (Lipinski definition) is 2. The Morgan fingerprint density at radius 1 is 1.26 bits per heavy atom. The van der Waals surface area contributed by atoms with Crippen LogP contribution in [0.25, 0.3) is 0 Å². The third-order valence-electron chi connectivity index (χ3n) is 4.37. The molecule has 2 aromatic rings. The Kier molecular flexibility index (Phi) is 5.25. The highest BCUT2D eigenvalue weighted by Gasteiger charge is 2.35. The van der Waals surface area contributed by atoms with Crippen molar-refractivity contribution < 1.29 is 28.2 Å².